The van der Waals surface area contributed by atoms with Gasteiger partial charge in [-0.15, -0.1) is 0 Å². The fraction of sp³-hybridized carbons (Fsp3) is 0.867. The molecular formula is C15H29N3O3. The molecule has 0 spiro atoms. The van der Waals surface area contributed by atoms with E-state index in [-0.39, 0.29) is 12.0 Å². The molecule has 0 aliphatic carbocycles. The second-order valence-electron chi connectivity index (χ2n) is 6.56. The molecule has 2 amide bonds. The van der Waals surface area contributed by atoms with Crippen LogP contribution in [0.15, 0.2) is 0 Å². The topological polar surface area (TPSA) is 70.7 Å². The summed E-state index contributed by atoms with van der Waals surface area (Å²) in [4.78, 5) is 25.0. The number of nitrogens with one attached hydrogen (secondary N) is 2. The van der Waals surface area contributed by atoms with E-state index in [9.17, 15) is 9.59 Å². The van der Waals surface area contributed by atoms with Crippen molar-refractivity contribution in [1.29, 1.82) is 0 Å². The maximum absolute atomic E-state index is 12.0. The fourth-order valence-corrected chi connectivity index (χ4v) is 2.36. The van der Waals surface area contributed by atoms with Crippen LogP contribution in [0, 0.1) is 5.92 Å². The lowest BCUT2D eigenvalue weighted by Gasteiger charge is -2.34. The summed E-state index contributed by atoms with van der Waals surface area (Å²) < 4.78 is 5.41. The maximum Gasteiger partial charge on any atom is 0.410 e. The highest BCUT2D eigenvalue weighted by Crippen LogP contribution is 2.18. The van der Waals surface area contributed by atoms with Gasteiger partial charge in [-0.05, 0) is 46.1 Å². The SMILES string of the molecule is CNC(=O)CCNCC1CCCN(C(=O)OC(C)(C)C)C1. The minimum absolute atomic E-state index is 0.0431. The molecule has 2 N–H and O–H groups in total. The third kappa shape index (κ3) is 7.32. The first-order chi connectivity index (χ1) is 9.81. The summed E-state index contributed by atoms with van der Waals surface area (Å²) in [5, 5.41) is 5.89. The highest BCUT2D eigenvalue weighted by molar-refractivity contribution is 5.75. The van der Waals surface area contributed by atoms with Crippen LogP contribution < -0.4 is 10.6 Å². The first kappa shape index (κ1) is 17.8. The van der Waals surface area contributed by atoms with Crippen molar-refractivity contribution in [3.8, 4) is 0 Å². The molecule has 0 aromatic carbocycles. The smallest absolute Gasteiger partial charge is 0.410 e. The van der Waals surface area contributed by atoms with Gasteiger partial charge < -0.3 is 20.3 Å². The van der Waals surface area contributed by atoms with Crippen LogP contribution in [0.5, 0.6) is 0 Å². The van der Waals surface area contributed by atoms with E-state index in [4.69, 9.17) is 4.74 Å². The van der Waals surface area contributed by atoms with Crippen LogP contribution in [0.3, 0.4) is 0 Å². The third-order valence-electron chi connectivity index (χ3n) is 3.41. The minimum Gasteiger partial charge on any atom is -0.444 e. The van der Waals surface area contributed by atoms with Gasteiger partial charge in [0.2, 0.25) is 5.91 Å². The molecule has 1 atom stereocenters. The number of carbonyl (C=O) groups is 2. The van der Waals surface area contributed by atoms with Gasteiger partial charge in [-0.3, -0.25) is 4.79 Å². The molecular weight excluding hydrogens is 270 g/mol. The van der Waals surface area contributed by atoms with Crippen molar-refractivity contribution >= 4 is 12.0 Å². The number of ether oxygens (including phenoxy) is 1. The van der Waals surface area contributed by atoms with E-state index in [1.165, 1.54) is 0 Å². The zero-order valence-electron chi connectivity index (χ0n) is 13.7. The summed E-state index contributed by atoms with van der Waals surface area (Å²) in [6.45, 7) is 8.64. The molecule has 1 rings (SSSR count). The average Bonchev–Trinajstić information content (AvgIpc) is 2.41. The van der Waals surface area contributed by atoms with Crippen molar-refractivity contribution in [2.24, 2.45) is 5.92 Å². The maximum atomic E-state index is 12.0. The Morgan fingerprint density at radius 3 is 2.67 bits per heavy atom. The summed E-state index contributed by atoms with van der Waals surface area (Å²) >= 11 is 0. The highest BCUT2D eigenvalue weighted by atomic mass is 16.6. The van der Waals surface area contributed by atoms with Gasteiger partial charge in [0, 0.05) is 33.1 Å². The number of piperidine rings is 1. The lowest BCUT2D eigenvalue weighted by Crippen LogP contribution is -2.45. The van der Waals surface area contributed by atoms with Crippen LogP contribution in [0.4, 0.5) is 4.79 Å². The zero-order valence-corrected chi connectivity index (χ0v) is 13.7. The van der Waals surface area contributed by atoms with E-state index in [2.05, 4.69) is 10.6 Å². The molecule has 122 valence electrons. The Balaban J connectivity index is 2.28. The Bertz CT molecular complexity index is 353. The number of amides is 2. The first-order valence-electron chi connectivity index (χ1n) is 7.71. The summed E-state index contributed by atoms with van der Waals surface area (Å²) in [5.74, 6) is 0.470. The van der Waals surface area contributed by atoms with Crippen molar-refractivity contribution in [2.45, 2.75) is 45.6 Å². The van der Waals surface area contributed by atoms with Crippen molar-refractivity contribution in [3.63, 3.8) is 0 Å². The average molecular weight is 299 g/mol. The molecule has 0 aromatic rings. The predicted octanol–water partition coefficient (Wildman–Crippen LogP) is 1.36. The Labute approximate surface area is 127 Å². The molecule has 21 heavy (non-hydrogen) atoms. The summed E-state index contributed by atoms with van der Waals surface area (Å²) in [6.07, 6.45) is 2.37. The molecule has 1 saturated heterocycles. The lowest BCUT2D eigenvalue weighted by atomic mass is 9.98. The molecule has 0 saturated carbocycles. The van der Waals surface area contributed by atoms with E-state index < -0.39 is 5.60 Å². The summed E-state index contributed by atoms with van der Waals surface area (Å²) in [6, 6.07) is 0. The van der Waals surface area contributed by atoms with E-state index in [0.29, 0.717) is 18.9 Å². The van der Waals surface area contributed by atoms with Crippen LogP contribution in [-0.2, 0) is 9.53 Å². The third-order valence-corrected chi connectivity index (χ3v) is 3.41. The Morgan fingerprint density at radius 2 is 2.05 bits per heavy atom. The largest absolute Gasteiger partial charge is 0.444 e. The normalized spacial score (nSPS) is 19.2. The van der Waals surface area contributed by atoms with Crippen molar-refractivity contribution < 1.29 is 14.3 Å². The van der Waals surface area contributed by atoms with Crippen LogP contribution in [0.1, 0.15) is 40.0 Å². The van der Waals surface area contributed by atoms with E-state index >= 15 is 0 Å². The summed E-state index contributed by atoms with van der Waals surface area (Å²) in [7, 11) is 1.64. The highest BCUT2D eigenvalue weighted by Gasteiger charge is 2.27. The molecule has 6 heteroatoms. The zero-order chi connectivity index (χ0) is 15.9. The molecule has 1 aliphatic heterocycles. The van der Waals surface area contributed by atoms with Crippen LogP contribution in [0.25, 0.3) is 0 Å². The molecule has 0 bridgehead atoms. The molecule has 6 nitrogen and oxygen atoms in total. The van der Waals surface area contributed by atoms with Crippen molar-refractivity contribution in [3.05, 3.63) is 0 Å². The second-order valence-corrected chi connectivity index (χ2v) is 6.56. The number of carbonyl (C=O) groups excluding carboxylic acids is 2. The Hall–Kier alpha value is -1.30. The number of likely N-dealkylation sites (tertiary alicyclic amines) is 1. The van der Waals surface area contributed by atoms with E-state index in [1.54, 1.807) is 11.9 Å². The van der Waals surface area contributed by atoms with E-state index in [0.717, 1.165) is 32.5 Å². The Morgan fingerprint density at radius 1 is 1.33 bits per heavy atom. The van der Waals surface area contributed by atoms with Crippen molar-refractivity contribution in [2.75, 3.05) is 33.2 Å². The van der Waals surface area contributed by atoms with Crippen LogP contribution in [0.2, 0.25) is 0 Å². The van der Waals surface area contributed by atoms with Crippen LogP contribution >= 0.6 is 0 Å². The lowest BCUT2D eigenvalue weighted by molar-refractivity contribution is -0.120. The van der Waals surface area contributed by atoms with Gasteiger partial charge >= 0.3 is 6.09 Å². The van der Waals surface area contributed by atoms with Gasteiger partial charge in [0.25, 0.3) is 0 Å². The van der Waals surface area contributed by atoms with Gasteiger partial charge in [0.15, 0.2) is 0 Å². The van der Waals surface area contributed by atoms with Crippen molar-refractivity contribution in [1.82, 2.24) is 15.5 Å². The number of hydrogen-bond donors (Lipinski definition) is 2. The molecule has 1 fully saturated rings. The van der Waals surface area contributed by atoms with Crippen LogP contribution in [-0.4, -0.2) is 55.7 Å². The van der Waals surface area contributed by atoms with E-state index in [1.807, 2.05) is 20.8 Å². The second kappa shape index (κ2) is 8.22. The molecule has 0 radical (unpaired) electrons. The number of rotatable bonds is 5. The minimum atomic E-state index is -0.449. The number of hydrogen-bond acceptors (Lipinski definition) is 4. The van der Waals surface area contributed by atoms with Gasteiger partial charge in [-0.25, -0.2) is 4.79 Å². The first-order valence-corrected chi connectivity index (χ1v) is 7.71. The molecule has 1 aliphatic rings. The van der Waals surface area contributed by atoms with Gasteiger partial charge in [0.1, 0.15) is 5.60 Å². The number of nitrogens with zero attached hydrogens (tertiary/aromatic N) is 1. The monoisotopic (exact) mass is 299 g/mol. The Kier molecular flexibility index (Phi) is 6.95. The fourth-order valence-electron chi connectivity index (χ4n) is 2.36. The predicted molar refractivity (Wildman–Crippen MR) is 82.1 cm³/mol. The van der Waals surface area contributed by atoms with Gasteiger partial charge in [0.05, 0.1) is 0 Å². The molecule has 1 heterocycles. The van der Waals surface area contributed by atoms with Gasteiger partial charge in [-0.1, -0.05) is 0 Å². The van der Waals surface area contributed by atoms with Gasteiger partial charge in [-0.2, -0.15) is 0 Å². The summed E-state index contributed by atoms with van der Waals surface area (Å²) in [5.41, 5.74) is -0.449. The molecule has 0 aromatic heterocycles. The standard InChI is InChI=1S/C15H29N3O3/c1-15(2,3)21-14(20)18-9-5-6-12(11-18)10-17-8-7-13(19)16-4/h12,17H,5-11H2,1-4H3,(H,16,19). The molecule has 1 unspecified atom stereocenters. The quantitative estimate of drug-likeness (QED) is 0.752.